The van der Waals surface area contributed by atoms with Crippen molar-refractivity contribution < 1.29 is 9.72 Å². The molecule has 168 valence electrons. The lowest BCUT2D eigenvalue weighted by atomic mass is 10.2. The lowest BCUT2D eigenvalue weighted by Gasteiger charge is -2.12. The maximum atomic E-state index is 12.9. The summed E-state index contributed by atoms with van der Waals surface area (Å²) in [5.74, 6) is 0.615. The van der Waals surface area contributed by atoms with Crippen molar-refractivity contribution >= 4 is 28.4 Å². The van der Waals surface area contributed by atoms with Gasteiger partial charge in [-0.25, -0.2) is 4.98 Å². The van der Waals surface area contributed by atoms with Gasteiger partial charge in [-0.3, -0.25) is 14.9 Å². The number of nitro benzene ring substituents is 1. The van der Waals surface area contributed by atoms with E-state index in [2.05, 4.69) is 15.0 Å². The van der Waals surface area contributed by atoms with E-state index in [0.717, 1.165) is 16.6 Å². The first-order valence-corrected chi connectivity index (χ1v) is 10.6. The number of anilines is 1. The van der Waals surface area contributed by atoms with E-state index in [4.69, 9.17) is 4.98 Å². The van der Waals surface area contributed by atoms with Crippen LogP contribution in [-0.4, -0.2) is 30.2 Å². The number of rotatable bonds is 6. The summed E-state index contributed by atoms with van der Waals surface area (Å²) >= 11 is 0. The van der Waals surface area contributed by atoms with Crippen molar-refractivity contribution in [1.29, 1.82) is 0 Å². The van der Waals surface area contributed by atoms with Crippen LogP contribution in [0.3, 0.4) is 0 Å². The summed E-state index contributed by atoms with van der Waals surface area (Å²) in [7, 11) is 0. The summed E-state index contributed by atoms with van der Waals surface area (Å²) in [4.78, 5) is 28.1. The number of para-hydroxylation sites is 2. The van der Waals surface area contributed by atoms with E-state index in [0.29, 0.717) is 29.6 Å². The molecule has 0 fully saturated rings. The van der Waals surface area contributed by atoms with Gasteiger partial charge in [-0.2, -0.15) is 9.78 Å². The van der Waals surface area contributed by atoms with Gasteiger partial charge in [0.2, 0.25) is 5.95 Å². The van der Waals surface area contributed by atoms with Gasteiger partial charge in [-0.1, -0.05) is 42.5 Å². The maximum Gasteiger partial charge on any atom is 0.269 e. The zero-order chi connectivity index (χ0) is 23.7. The van der Waals surface area contributed by atoms with Gasteiger partial charge in [-0.15, -0.1) is 0 Å². The molecule has 2 heterocycles. The average Bonchev–Trinajstić information content (AvgIpc) is 3.39. The largest absolute Gasteiger partial charge is 0.306 e. The molecule has 2 aromatic heterocycles. The van der Waals surface area contributed by atoms with Gasteiger partial charge in [0.25, 0.3) is 11.6 Å². The number of nitrogens with zero attached hydrogens (tertiary/aromatic N) is 5. The van der Waals surface area contributed by atoms with Crippen LogP contribution in [0.2, 0.25) is 0 Å². The first kappa shape index (κ1) is 21.1. The number of non-ortho nitro benzene ring substituents is 1. The van der Waals surface area contributed by atoms with E-state index in [-0.39, 0.29) is 5.69 Å². The third kappa shape index (κ3) is 4.02. The number of benzene rings is 3. The number of nitro groups is 1. The van der Waals surface area contributed by atoms with Gasteiger partial charge in [0.15, 0.2) is 0 Å². The van der Waals surface area contributed by atoms with Crippen molar-refractivity contribution in [1.82, 2.24) is 19.3 Å². The Balaban J connectivity index is 1.54. The van der Waals surface area contributed by atoms with Crippen molar-refractivity contribution in [3.05, 3.63) is 112 Å². The third-order valence-corrected chi connectivity index (χ3v) is 5.42. The number of fused-ring (bicyclic) bond motifs is 1. The van der Waals surface area contributed by atoms with Crippen molar-refractivity contribution in [3.8, 4) is 5.95 Å². The van der Waals surface area contributed by atoms with Crippen LogP contribution in [-0.2, 0) is 6.54 Å². The molecule has 3 aromatic carbocycles. The fourth-order valence-electron chi connectivity index (χ4n) is 3.81. The highest BCUT2D eigenvalue weighted by Gasteiger charge is 2.19. The Labute approximate surface area is 194 Å². The quantitative estimate of drug-likeness (QED) is 0.296. The van der Waals surface area contributed by atoms with Gasteiger partial charge in [0.1, 0.15) is 5.82 Å². The van der Waals surface area contributed by atoms with Crippen LogP contribution in [0.25, 0.3) is 17.0 Å². The normalized spacial score (nSPS) is 11.0. The van der Waals surface area contributed by atoms with Crippen LogP contribution in [0.1, 0.15) is 21.6 Å². The van der Waals surface area contributed by atoms with E-state index in [9.17, 15) is 14.9 Å². The van der Waals surface area contributed by atoms with Gasteiger partial charge in [0.05, 0.1) is 28.2 Å². The summed E-state index contributed by atoms with van der Waals surface area (Å²) in [6.07, 6.45) is 0. The Morgan fingerprint density at radius 1 is 1.00 bits per heavy atom. The minimum atomic E-state index is -0.503. The minimum Gasteiger partial charge on any atom is -0.306 e. The van der Waals surface area contributed by atoms with Crippen molar-refractivity contribution in [2.24, 2.45) is 0 Å². The molecule has 0 saturated heterocycles. The summed E-state index contributed by atoms with van der Waals surface area (Å²) < 4.78 is 3.67. The predicted molar refractivity (Wildman–Crippen MR) is 128 cm³/mol. The Morgan fingerprint density at radius 3 is 2.44 bits per heavy atom. The van der Waals surface area contributed by atoms with Crippen LogP contribution in [0.15, 0.2) is 84.9 Å². The van der Waals surface area contributed by atoms with Crippen LogP contribution < -0.4 is 5.32 Å². The first-order valence-electron chi connectivity index (χ1n) is 10.6. The lowest BCUT2D eigenvalue weighted by molar-refractivity contribution is -0.384. The molecular formula is C25H20N6O3. The monoisotopic (exact) mass is 452 g/mol. The molecule has 0 aliphatic rings. The number of aryl methyl sites for hydroxylation is 1. The zero-order valence-electron chi connectivity index (χ0n) is 18.3. The Morgan fingerprint density at radius 2 is 1.71 bits per heavy atom. The summed E-state index contributed by atoms with van der Waals surface area (Å²) in [6.45, 7) is 2.41. The van der Waals surface area contributed by atoms with Crippen molar-refractivity contribution in [3.63, 3.8) is 0 Å². The number of amides is 1. The molecule has 0 bridgehead atoms. The molecule has 1 N–H and O–H groups in total. The number of hydrogen-bond acceptors (Lipinski definition) is 5. The first-order chi connectivity index (χ1) is 16.5. The highest BCUT2D eigenvalue weighted by molar-refractivity contribution is 6.04. The molecule has 0 spiro atoms. The third-order valence-electron chi connectivity index (χ3n) is 5.42. The average molecular weight is 452 g/mol. The standard InChI is InChI=1S/C25H20N6O3/c1-17-15-23(27-24(32)19-11-13-20(14-12-19)31(33)34)30(28-17)25-26-21-9-5-6-10-22(21)29(25)16-18-7-3-2-4-8-18/h2-15H,16H2,1H3,(H,27,32). The molecule has 9 nitrogen and oxygen atoms in total. The number of carbonyl (C=O) groups is 1. The molecular weight excluding hydrogens is 432 g/mol. The van der Waals surface area contributed by atoms with E-state index >= 15 is 0 Å². The molecule has 34 heavy (non-hydrogen) atoms. The van der Waals surface area contributed by atoms with Crippen LogP contribution in [0.5, 0.6) is 0 Å². The molecule has 1 amide bonds. The van der Waals surface area contributed by atoms with E-state index < -0.39 is 10.8 Å². The number of carbonyl (C=O) groups excluding carboxylic acids is 1. The van der Waals surface area contributed by atoms with Gasteiger partial charge in [0, 0.05) is 23.8 Å². The molecule has 9 heteroatoms. The highest BCUT2D eigenvalue weighted by Crippen LogP contribution is 2.24. The maximum absolute atomic E-state index is 12.9. The van der Waals surface area contributed by atoms with Crippen molar-refractivity contribution in [2.45, 2.75) is 13.5 Å². The minimum absolute atomic E-state index is 0.0768. The van der Waals surface area contributed by atoms with E-state index in [1.54, 1.807) is 10.7 Å². The highest BCUT2D eigenvalue weighted by atomic mass is 16.6. The van der Waals surface area contributed by atoms with Gasteiger partial charge >= 0.3 is 0 Å². The van der Waals surface area contributed by atoms with E-state index in [1.807, 2.05) is 61.5 Å². The van der Waals surface area contributed by atoms with Crippen LogP contribution >= 0.6 is 0 Å². The molecule has 0 aliphatic carbocycles. The van der Waals surface area contributed by atoms with Gasteiger partial charge in [-0.05, 0) is 36.8 Å². The molecule has 5 rings (SSSR count). The SMILES string of the molecule is Cc1cc(NC(=O)c2ccc([N+](=O)[O-])cc2)n(-c2nc3ccccc3n2Cc2ccccc2)n1. The number of hydrogen-bond donors (Lipinski definition) is 1. The Hall–Kier alpha value is -4.79. The summed E-state index contributed by atoms with van der Waals surface area (Å²) in [6, 6.07) is 25.1. The Kier molecular flexibility index (Phi) is 5.35. The van der Waals surface area contributed by atoms with Crippen LogP contribution in [0.4, 0.5) is 11.5 Å². The topological polar surface area (TPSA) is 108 Å². The summed E-state index contributed by atoms with van der Waals surface area (Å²) in [5, 5.41) is 18.4. The summed E-state index contributed by atoms with van der Waals surface area (Å²) in [5.41, 5.74) is 3.79. The second kappa shape index (κ2) is 8.62. The molecule has 0 atom stereocenters. The fourth-order valence-corrected chi connectivity index (χ4v) is 3.81. The van der Waals surface area contributed by atoms with Crippen molar-refractivity contribution in [2.75, 3.05) is 5.32 Å². The molecule has 5 aromatic rings. The second-order valence-corrected chi connectivity index (χ2v) is 7.81. The molecule has 0 saturated carbocycles. The molecule has 0 unspecified atom stereocenters. The number of aromatic nitrogens is 4. The number of imidazole rings is 1. The van der Waals surface area contributed by atoms with E-state index in [1.165, 1.54) is 24.3 Å². The second-order valence-electron chi connectivity index (χ2n) is 7.81. The number of nitrogens with one attached hydrogen (secondary N) is 1. The zero-order valence-corrected chi connectivity index (χ0v) is 18.3. The fraction of sp³-hybridized carbons (Fsp3) is 0.0800. The molecule has 0 radical (unpaired) electrons. The smallest absolute Gasteiger partial charge is 0.269 e. The lowest BCUT2D eigenvalue weighted by Crippen LogP contribution is -2.17. The van der Waals surface area contributed by atoms with Gasteiger partial charge < -0.3 is 9.88 Å². The predicted octanol–water partition coefficient (Wildman–Crippen LogP) is 4.74. The Bertz CT molecular complexity index is 1500. The molecule has 0 aliphatic heterocycles. The van der Waals surface area contributed by atoms with Crippen LogP contribution in [0, 0.1) is 17.0 Å².